The molecule has 1 aliphatic heterocycles. The molecule has 0 bridgehead atoms. The van der Waals surface area contributed by atoms with Crippen LogP contribution in [0.5, 0.6) is 11.5 Å². The van der Waals surface area contributed by atoms with E-state index in [1.165, 1.54) is 19.8 Å². The number of hydrogen-bond donors (Lipinski definition) is 1. The van der Waals surface area contributed by atoms with Crippen molar-refractivity contribution in [1.29, 1.82) is 0 Å². The number of nitrogens with zero attached hydrogens (tertiary/aromatic N) is 1. The third kappa shape index (κ3) is 4.42. The molecule has 4 rings (SSSR count). The monoisotopic (exact) mass is 473 g/mol. The summed E-state index contributed by atoms with van der Waals surface area (Å²) in [5.74, 6) is 0.327. The van der Waals surface area contributed by atoms with Crippen LogP contribution < -0.4 is 14.4 Å². The summed E-state index contributed by atoms with van der Waals surface area (Å²) in [6.07, 6.45) is -0.396. The molecule has 0 saturated carbocycles. The summed E-state index contributed by atoms with van der Waals surface area (Å²) < 4.78 is 10.6. The summed E-state index contributed by atoms with van der Waals surface area (Å²) in [6.45, 7) is 6.58. The van der Waals surface area contributed by atoms with Crippen LogP contribution in [-0.2, 0) is 16.9 Å². The number of hydrogen-bond acceptors (Lipinski definition) is 5. The van der Waals surface area contributed by atoms with Crippen LogP contribution in [0.1, 0.15) is 58.8 Å². The summed E-state index contributed by atoms with van der Waals surface area (Å²) in [4.78, 5) is 28.6. The molecule has 3 aromatic carbocycles. The lowest BCUT2D eigenvalue weighted by atomic mass is 9.88. The Hall–Kier alpha value is -3.64. The van der Waals surface area contributed by atoms with E-state index < -0.39 is 23.7 Å². The van der Waals surface area contributed by atoms with Gasteiger partial charge in [-0.1, -0.05) is 50.2 Å². The molecule has 6 nitrogen and oxygen atoms in total. The van der Waals surface area contributed by atoms with Crippen LogP contribution in [0.4, 0.5) is 5.69 Å². The van der Waals surface area contributed by atoms with Crippen LogP contribution in [-0.4, -0.2) is 31.0 Å². The first-order chi connectivity index (χ1) is 16.7. The first kappa shape index (κ1) is 24.5. The van der Waals surface area contributed by atoms with Gasteiger partial charge in [0.1, 0.15) is 11.5 Å². The maximum Gasteiger partial charge on any atom is 0.264 e. The average Bonchev–Trinajstić information content (AvgIpc) is 3.06. The Morgan fingerprint density at radius 3 is 2.46 bits per heavy atom. The van der Waals surface area contributed by atoms with Gasteiger partial charge in [0.15, 0.2) is 11.4 Å². The molecule has 6 heteroatoms. The van der Waals surface area contributed by atoms with E-state index >= 15 is 0 Å². The Morgan fingerprint density at radius 1 is 1.03 bits per heavy atom. The average molecular weight is 474 g/mol. The fraction of sp³-hybridized carbons (Fsp3) is 0.310. The number of amides is 1. The quantitative estimate of drug-likeness (QED) is 0.458. The first-order valence-electron chi connectivity index (χ1n) is 11.7. The van der Waals surface area contributed by atoms with Gasteiger partial charge in [0.2, 0.25) is 0 Å². The van der Waals surface area contributed by atoms with Crippen molar-refractivity contribution in [2.75, 3.05) is 19.1 Å². The molecule has 0 radical (unpaired) electrons. The fourth-order valence-electron chi connectivity index (χ4n) is 4.58. The smallest absolute Gasteiger partial charge is 0.264 e. The van der Waals surface area contributed by atoms with E-state index in [1.54, 1.807) is 35.2 Å². The van der Waals surface area contributed by atoms with Crippen molar-refractivity contribution in [3.05, 3.63) is 88.5 Å². The van der Waals surface area contributed by atoms with Crippen LogP contribution in [0.3, 0.4) is 0 Å². The Kier molecular flexibility index (Phi) is 6.68. The fourth-order valence-corrected chi connectivity index (χ4v) is 4.58. The van der Waals surface area contributed by atoms with Gasteiger partial charge in [-0.25, -0.2) is 0 Å². The predicted octanol–water partition coefficient (Wildman–Crippen LogP) is 5.14. The number of para-hydroxylation sites is 1. The summed E-state index contributed by atoms with van der Waals surface area (Å²) in [5, 5.41) is 11.7. The number of carbonyl (C=O) groups is 2. The molecule has 0 aliphatic carbocycles. The molecular weight excluding hydrogens is 442 g/mol. The minimum atomic E-state index is -1.97. The van der Waals surface area contributed by atoms with E-state index in [1.807, 2.05) is 19.1 Å². The molecule has 1 atom stereocenters. The van der Waals surface area contributed by atoms with Crippen LogP contribution >= 0.6 is 0 Å². The van der Waals surface area contributed by atoms with Gasteiger partial charge in [-0.15, -0.1) is 0 Å². The first-order valence-corrected chi connectivity index (χ1v) is 11.7. The van der Waals surface area contributed by atoms with Gasteiger partial charge in [-0.2, -0.15) is 0 Å². The SMILES string of the molecule is COc1ccc(C(=O)C[C@@]2(O)C(=O)N(Cc3cc(C(C)C)ccc3C)c3ccccc32)c(OC)c1. The molecule has 0 saturated heterocycles. The van der Waals surface area contributed by atoms with E-state index in [0.29, 0.717) is 35.2 Å². The predicted molar refractivity (Wildman–Crippen MR) is 135 cm³/mol. The number of ether oxygens (including phenoxy) is 2. The second-order valence-corrected chi connectivity index (χ2v) is 9.28. The summed E-state index contributed by atoms with van der Waals surface area (Å²) in [7, 11) is 2.99. The van der Waals surface area contributed by atoms with Crippen molar-refractivity contribution in [3.63, 3.8) is 0 Å². The number of aliphatic hydroxyl groups is 1. The zero-order valence-electron chi connectivity index (χ0n) is 20.8. The number of rotatable bonds is 8. The molecular formula is C29H31NO5. The number of Topliss-reactive ketones (excluding diaryl/α,β-unsaturated/α-hetero) is 1. The van der Waals surface area contributed by atoms with Crippen molar-refractivity contribution in [1.82, 2.24) is 0 Å². The van der Waals surface area contributed by atoms with Gasteiger partial charge >= 0.3 is 0 Å². The van der Waals surface area contributed by atoms with Crippen LogP contribution in [0.25, 0.3) is 0 Å². The highest BCUT2D eigenvalue weighted by Gasteiger charge is 2.51. The highest BCUT2D eigenvalue weighted by Crippen LogP contribution is 2.44. The molecule has 1 amide bonds. The molecule has 0 fully saturated rings. The van der Waals surface area contributed by atoms with E-state index in [4.69, 9.17) is 9.47 Å². The molecule has 35 heavy (non-hydrogen) atoms. The molecule has 1 aliphatic rings. The molecule has 0 aromatic heterocycles. The maximum atomic E-state index is 13.7. The van der Waals surface area contributed by atoms with Crippen LogP contribution in [0, 0.1) is 6.92 Å². The van der Waals surface area contributed by atoms with Gasteiger partial charge < -0.3 is 19.5 Å². The van der Waals surface area contributed by atoms with Gasteiger partial charge in [-0.05, 0) is 47.7 Å². The second kappa shape index (κ2) is 9.55. The normalized spacial score (nSPS) is 17.0. The van der Waals surface area contributed by atoms with Crippen LogP contribution in [0.15, 0.2) is 60.7 Å². The number of fused-ring (bicyclic) bond motifs is 1. The largest absolute Gasteiger partial charge is 0.497 e. The lowest BCUT2D eigenvalue weighted by Gasteiger charge is -2.24. The lowest BCUT2D eigenvalue weighted by Crippen LogP contribution is -2.41. The minimum Gasteiger partial charge on any atom is -0.497 e. The molecule has 1 N–H and O–H groups in total. The number of benzene rings is 3. The van der Waals surface area contributed by atoms with E-state index in [2.05, 4.69) is 32.0 Å². The zero-order chi connectivity index (χ0) is 25.3. The van der Waals surface area contributed by atoms with Crippen molar-refractivity contribution >= 4 is 17.4 Å². The number of aryl methyl sites for hydroxylation is 1. The van der Waals surface area contributed by atoms with Crippen molar-refractivity contribution in [2.24, 2.45) is 0 Å². The standard InChI is InChI=1S/C29H31NO5/c1-18(2)20-11-10-19(3)21(14-20)17-30-25-9-7-6-8-24(25)29(33,28(30)32)16-26(31)23-13-12-22(34-4)15-27(23)35-5/h6-15,18,33H,16-17H2,1-5H3/t29-/m0/s1. The highest BCUT2D eigenvalue weighted by atomic mass is 16.5. The van der Waals surface area contributed by atoms with Crippen molar-refractivity contribution in [2.45, 2.75) is 45.3 Å². The summed E-state index contributed by atoms with van der Waals surface area (Å²) >= 11 is 0. The number of methoxy groups -OCH3 is 2. The van der Waals surface area contributed by atoms with Crippen molar-refractivity contribution < 1.29 is 24.2 Å². The van der Waals surface area contributed by atoms with Gasteiger partial charge in [0.05, 0.1) is 38.4 Å². The molecule has 1 heterocycles. The van der Waals surface area contributed by atoms with Crippen molar-refractivity contribution in [3.8, 4) is 11.5 Å². The van der Waals surface area contributed by atoms with E-state index in [9.17, 15) is 14.7 Å². The Labute approximate surface area is 206 Å². The molecule has 3 aromatic rings. The number of carbonyl (C=O) groups excluding carboxylic acids is 2. The molecule has 0 unspecified atom stereocenters. The maximum absolute atomic E-state index is 13.7. The Bertz CT molecular complexity index is 1280. The van der Waals surface area contributed by atoms with Crippen LogP contribution in [0.2, 0.25) is 0 Å². The Balaban J connectivity index is 1.69. The number of ketones is 1. The van der Waals surface area contributed by atoms with Gasteiger partial charge in [0.25, 0.3) is 5.91 Å². The lowest BCUT2D eigenvalue weighted by molar-refractivity contribution is -0.136. The number of anilines is 1. The van der Waals surface area contributed by atoms with E-state index in [0.717, 1.165) is 11.1 Å². The zero-order valence-corrected chi connectivity index (χ0v) is 20.8. The Morgan fingerprint density at radius 2 is 1.77 bits per heavy atom. The van der Waals surface area contributed by atoms with Gasteiger partial charge in [-0.3, -0.25) is 9.59 Å². The summed E-state index contributed by atoms with van der Waals surface area (Å²) in [5.41, 5.74) is 2.61. The minimum absolute atomic E-state index is 0.283. The molecule has 0 spiro atoms. The highest BCUT2D eigenvalue weighted by molar-refractivity contribution is 6.11. The third-order valence-electron chi connectivity index (χ3n) is 6.73. The summed E-state index contributed by atoms with van der Waals surface area (Å²) in [6, 6.07) is 18.2. The topological polar surface area (TPSA) is 76.1 Å². The second-order valence-electron chi connectivity index (χ2n) is 9.28. The third-order valence-corrected chi connectivity index (χ3v) is 6.73. The molecule has 182 valence electrons. The van der Waals surface area contributed by atoms with Gasteiger partial charge in [0, 0.05) is 11.6 Å². The van der Waals surface area contributed by atoms with E-state index in [-0.39, 0.29) is 5.56 Å².